The van der Waals surface area contributed by atoms with Crippen molar-refractivity contribution in [3.8, 4) is 0 Å². The Morgan fingerprint density at radius 1 is 1.54 bits per heavy atom. The molecule has 0 amide bonds. The summed E-state index contributed by atoms with van der Waals surface area (Å²) in [7, 11) is 0. The molecule has 2 rings (SSSR count). The van der Waals surface area contributed by atoms with Crippen LogP contribution in [0.1, 0.15) is 40.0 Å². The van der Waals surface area contributed by atoms with E-state index in [9.17, 15) is 4.79 Å². The average Bonchev–Trinajstić information content (AvgIpc) is 2.42. The predicted molar refractivity (Wildman–Crippen MR) is 50.2 cm³/mol. The lowest BCUT2D eigenvalue weighted by molar-refractivity contribution is -0.146. The van der Waals surface area contributed by atoms with Gasteiger partial charge < -0.3 is 4.74 Å². The van der Waals surface area contributed by atoms with Gasteiger partial charge in [0.2, 0.25) is 0 Å². The van der Waals surface area contributed by atoms with Gasteiger partial charge in [-0.1, -0.05) is 20.8 Å². The van der Waals surface area contributed by atoms with Crippen LogP contribution in [0.25, 0.3) is 0 Å². The number of hydrogen-bond acceptors (Lipinski definition) is 2. The molecule has 0 radical (unpaired) electrons. The van der Waals surface area contributed by atoms with E-state index in [2.05, 4.69) is 20.8 Å². The Bertz CT molecular complexity index is 236. The Morgan fingerprint density at radius 2 is 2.23 bits per heavy atom. The van der Waals surface area contributed by atoms with Crippen LogP contribution in [0.2, 0.25) is 0 Å². The SMILES string of the molecule is CCC1(C)C(C)CC2CC1OC2=O. The van der Waals surface area contributed by atoms with Crippen LogP contribution in [-0.4, -0.2) is 12.1 Å². The molecule has 74 valence electrons. The monoisotopic (exact) mass is 182 g/mol. The summed E-state index contributed by atoms with van der Waals surface area (Å²) in [6.45, 7) is 6.71. The van der Waals surface area contributed by atoms with E-state index in [0.29, 0.717) is 5.92 Å². The molecule has 1 saturated heterocycles. The molecular formula is C11H18O2. The molecule has 0 N–H and O–H groups in total. The quantitative estimate of drug-likeness (QED) is 0.582. The molecule has 1 aliphatic heterocycles. The first-order chi connectivity index (χ1) is 6.08. The fraction of sp³-hybridized carbons (Fsp3) is 0.909. The maximum absolute atomic E-state index is 11.4. The second kappa shape index (κ2) is 2.73. The zero-order valence-electron chi connectivity index (χ0n) is 8.67. The van der Waals surface area contributed by atoms with Gasteiger partial charge in [-0.2, -0.15) is 0 Å². The summed E-state index contributed by atoms with van der Waals surface area (Å²) < 4.78 is 5.42. The highest BCUT2D eigenvalue weighted by Crippen LogP contribution is 2.50. The molecule has 0 spiro atoms. The van der Waals surface area contributed by atoms with Crippen molar-refractivity contribution in [2.75, 3.05) is 0 Å². The van der Waals surface area contributed by atoms with Gasteiger partial charge in [-0.15, -0.1) is 0 Å². The van der Waals surface area contributed by atoms with Crippen molar-refractivity contribution in [3.05, 3.63) is 0 Å². The van der Waals surface area contributed by atoms with E-state index in [1.54, 1.807) is 0 Å². The van der Waals surface area contributed by atoms with E-state index in [-0.39, 0.29) is 23.4 Å². The number of fused-ring (bicyclic) bond motifs is 2. The first-order valence-electron chi connectivity index (χ1n) is 5.28. The lowest BCUT2D eigenvalue weighted by Gasteiger charge is -2.41. The van der Waals surface area contributed by atoms with Gasteiger partial charge in [-0.25, -0.2) is 0 Å². The van der Waals surface area contributed by atoms with Gasteiger partial charge >= 0.3 is 5.97 Å². The van der Waals surface area contributed by atoms with Crippen molar-refractivity contribution in [1.29, 1.82) is 0 Å². The van der Waals surface area contributed by atoms with Crippen LogP contribution >= 0.6 is 0 Å². The number of carbonyl (C=O) groups excluding carboxylic acids is 1. The molecule has 2 nitrogen and oxygen atoms in total. The smallest absolute Gasteiger partial charge is 0.309 e. The molecule has 1 saturated carbocycles. The topological polar surface area (TPSA) is 26.3 Å². The fourth-order valence-electron chi connectivity index (χ4n) is 2.82. The molecule has 1 aliphatic carbocycles. The van der Waals surface area contributed by atoms with E-state index >= 15 is 0 Å². The zero-order valence-corrected chi connectivity index (χ0v) is 8.67. The van der Waals surface area contributed by atoms with Crippen molar-refractivity contribution in [3.63, 3.8) is 0 Å². The molecule has 4 unspecified atom stereocenters. The Labute approximate surface area is 79.7 Å². The third-order valence-corrected chi connectivity index (χ3v) is 4.35. The first kappa shape index (κ1) is 9.04. The maximum atomic E-state index is 11.4. The highest BCUT2D eigenvalue weighted by molar-refractivity contribution is 5.75. The number of rotatable bonds is 1. The molecule has 2 heteroatoms. The third-order valence-electron chi connectivity index (χ3n) is 4.35. The molecule has 0 aromatic rings. The second-order valence-electron chi connectivity index (χ2n) is 4.85. The number of ether oxygens (including phenoxy) is 1. The standard InChI is InChI=1S/C11H18O2/c1-4-11(3)7(2)5-8-6-9(11)13-10(8)12/h7-9H,4-6H2,1-3H3. The van der Waals surface area contributed by atoms with Gasteiger partial charge in [0, 0.05) is 5.41 Å². The molecule has 0 aromatic heterocycles. The Hall–Kier alpha value is -0.530. The minimum absolute atomic E-state index is 0.0500. The predicted octanol–water partition coefficient (Wildman–Crippen LogP) is 2.37. The van der Waals surface area contributed by atoms with Crippen LogP contribution in [-0.2, 0) is 9.53 Å². The number of hydrogen-bond donors (Lipinski definition) is 0. The molecule has 0 aromatic carbocycles. The van der Waals surface area contributed by atoms with Crippen LogP contribution in [0, 0.1) is 17.3 Å². The van der Waals surface area contributed by atoms with Crippen molar-refractivity contribution >= 4 is 5.97 Å². The van der Waals surface area contributed by atoms with Crippen LogP contribution in [0.5, 0.6) is 0 Å². The highest BCUT2D eigenvalue weighted by atomic mass is 16.6. The van der Waals surface area contributed by atoms with Crippen LogP contribution in [0.3, 0.4) is 0 Å². The lowest BCUT2D eigenvalue weighted by atomic mass is 9.63. The van der Waals surface area contributed by atoms with E-state index in [1.165, 1.54) is 0 Å². The number of esters is 1. The summed E-state index contributed by atoms with van der Waals surface area (Å²) in [5, 5.41) is 0. The molecule has 1 heterocycles. The molecule has 2 bridgehead atoms. The highest BCUT2D eigenvalue weighted by Gasteiger charge is 2.52. The first-order valence-corrected chi connectivity index (χ1v) is 5.28. The Balaban J connectivity index is 2.27. The van der Waals surface area contributed by atoms with Gasteiger partial charge in [-0.3, -0.25) is 4.79 Å². The van der Waals surface area contributed by atoms with Crippen molar-refractivity contribution in [2.24, 2.45) is 17.3 Å². The molecule has 2 fully saturated rings. The van der Waals surface area contributed by atoms with E-state index in [1.807, 2.05) is 0 Å². The summed E-state index contributed by atoms with van der Waals surface area (Å²) >= 11 is 0. The summed E-state index contributed by atoms with van der Waals surface area (Å²) in [4.78, 5) is 11.4. The molecule has 2 aliphatic rings. The van der Waals surface area contributed by atoms with Gasteiger partial charge in [0.05, 0.1) is 5.92 Å². The van der Waals surface area contributed by atoms with Crippen molar-refractivity contribution in [2.45, 2.75) is 46.1 Å². The second-order valence-corrected chi connectivity index (χ2v) is 4.85. The van der Waals surface area contributed by atoms with Crippen LogP contribution in [0.15, 0.2) is 0 Å². The minimum Gasteiger partial charge on any atom is -0.462 e. The van der Waals surface area contributed by atoms with E-state index < -0.39 is 0 Å². The Morgan fingerprint density at radius 3 is 2.85 bits per heavy atom. The summed E-state index contributed by atoms with van der Waals surface area (Å²) in [5.74, 6) is 0.876. The van der Waals surface area contributed by atoms with Crippen molar-refractivity contribution in [1.82, 2.24) is 0 Å². The minimum atomic E-state index is 0.0500. The lowest BCUT2D eigenvalue weighted by Crippen LogP contribution is -2.40. The van der Waals surface area contributed by atoms with Gasteiger partial charge in [-0.05, 0) is 25.2 Å². The normalized spacial score (nSPS) is 49.2. The summed E-state index contributed by atoms with van der Waals surface area (Å²) in [6.07, 6.45) is 3.30. The van der Waals surface area contributed by atoms with Crippen LogP contribution in [0.4, 0.5) is 0 Å². The van der Waals surface area contributed by atoms with Gasteiger partial charge in [0.25, 0.3) is 0 Å². The fourth-order valence-corrected chi connectivity index (χ4v) is 2.82. The van der Waals surface area contributed by atoms with Crippen molar-refractivity contribution < 1.29 is 9.53 Å². The summed E-state index contributed by atoms with van der Waals surface area (Å²) in [5.41, 5.74) is 0.225. The molecular weight excluding hydrogens is 164 g/mol. The van der Waals surface area contributed by atoms with E-state index in [0.717, 1.165) is 19.3 Å². The van der Waals surface area contributed by atoms with Crippen LogP contribution < -0.4 is 0 Å². The number of carbonyl (C=O) groups is 1. The Kier molecular flexibility index (Phi) is 1.90. The maximum Gasteiger partial charge on any atom is 0.309 e. The van der Waals surface area contributed by atoms with Gasteiger partial charge in [0.1, 0.15) is 6.10 Å². The average molecular weight is 182 g/mol. The van der Waals surface area contributed by atoms with Gasteiger partial charge in [0.15, 0.2) is 0 Å². The zero-order chi connectivity index (χ0) is 9.64. The molecule has 13 heavy (non-hydrogen) atoms. The summed E-state index contributed by atoms with van der Waals surface area (Å²) in [6, 6.07) is 0. The largest absolute Gasteiger partial charge is 0.462 e. The molecule has 4 atom stereocenters. The van der Waals surface area contributed by atoms with E-state index in [4.69, 9.17) is 4.74 Å². The third kappa shape index (κ3) is 1.11.